The van der Waals surface area contributed by atoms with Crippen LogP contribution in [0.2, 0.25) is 0 Å². The molecule has 0 aromatic carbocycles. The summed E-state index contributed by atoms with van der Waals surface area (Å²) in [4.78, 5) is 20.0. The van der Waals surface area contributed by atoms with Gasteiger partial charge in [-0.15, -0.1) is 0 Å². The molecule has 0 radical (unpaired) electrons. The first-order chi connectivity index (χ1) is 7.49. The highest BCUT2D eigenvalue weighted by Gasteiger charge is 2.43. The van der Waals surface area contributed by atoms with Crippen molar-refractivity contribution in [2.24, 2.45) is 11.3 Å². The van der Waals surface area contributed by atoms with E-state index in [1.165, 1.54) is 6.33 Å². The van der Waals surface area contributed by atoms with Crippen LogP contribution in [0.3, 0.4) is 0 Å². The number of nitrogens with one attached hydrogen (secondary N) is 1. The van der Waals surface area contributed by atoms with E-state index in [-0.39, 0.29) is 17.2 Å². The first-order valence-corrected chi connectivity index (χ1v) is 5.58. The lowest BCUT2D eigenvalue weighted by atomic mass is 9.62. The molecule has 0 bridgehead atoms. The van der Waals surface area contributed by atoms with Crippen molar-refractivity contribution in [2.45, 2.75) is 33.6 Å². The predicted molar refractivity (Wildman–Crippen MR) is 61.9 cm³/mol. The number of amides is 1. The molecule has 86 valence electrons. The van der Waals surface area contributed by atoms with Gasteiger partial charge in [-0.2, -0.15) is 0 Å². The summed E-state index contributed by atoms with van der Waals surface area (Å²) in [6.07, 6.45) is 3.56. The SMILES string of the molecule is Cc1cc(NC(=O)[C@H]2CCC2(C)C)ncn1. The highest BCUT2D eigenvalue weighted by Crippen LogP contribution is 2.46. The van der Waals surface area contributed by atoms with E-state index in [0.717, 1.165) is 18.5 Å². The van der Waals surface area contributed by atoms with Gasteiger partial charge in [-0.3, -0.25) is 4.79 Å². The summed E-state index contributed by atoms with van der Waals surface area (Å²) in [5.41, 5.74) is 0.991. The molecule has 4 heteroatoms. The lowest BCUT2D eigenvalue weighted by molar-refractivity contribution is -0.128. The quantitative estimate of drug-likeness (QED) is 0.829. The summed E-state index contributed by atoms with van der Waals surface area (Å²) in [6.45, 7) is 6.14. The maximum atomic E-state index is 12.0. The molecule has 1 saturated carbocycles. The number of carbonyl (C=O) groups is 1. The second kappa shape index (κ2) is 3.85. The van der Waals surface area contributed by atoms with Crippen molar-refractivity contribution in [3.05, 3.63) is 18.1 Å². The number of anilines is 1. The molecule has 0 saturated heterocycles. The Labute approximate surface area is 95.5 Å². The zero-order valence-electron chi connectivity index (χ0n) is 9.95. The molecule has 1 aromatic rings. The van der Waals surface area contributed by atoms with Crippen molar-refractivity contribution >= 4 is 11.7 Å². The van der Waals surface area contributed by atoms with Gasteiger partial charge in [-0.1, -0.05) is 13.8 Å². The highest BCUT2D eigenvalue weighted by molar-refractivity contribution is 5.92. The lowest BCUT2D eigenvalue weighted by Crippen LogP contribution is -2.43. The van der Waals surface area contributed by atoms with Gasteiger partial charge in [0.25, 0.3) is 0 Å². The van der Waals surface area contributed by atoms with Crippen LogP contribution < -0.4 is 5.32 Å². The zero-order chi connectivity index (χ0) is 11.8. The van der Waals surface area contributed by atoms with E-state index in [1.807, 2.05) is 6.92 Å². The second-order valence-electron chi connectivity index (χ2n) is 5.11. The van der Waals surface area contributed by atoms with Crippen LogP contribution in [0.1, 0.15) is 32.4 Å². The fourth-order valence-electron chi connectivity index (χ4n) is 2.09. The van der Waals surface area contributed by atoms with Crippen LogP contribution in [-0.2, 0) is 4.79 Å². The van der Waals surface area contributed by atoms with Crippen molar-refractivity contribution in [3.63, 3.8) is 0 Å². The van der Waals surface area contributed by atoms with Gasteiger partial charge in [0, 0.05) is 17.7 Å². The minimum Gasteiger partial charge on any atom is -0.310 e. The van der Waals surface area contributed by atoms with Crippen molar-refractivity contribution in [1.82, 2.24) is 9.97 Å². The molecular formula is C12H17N3O. The van der Waals surface area contributed by atoms with Crippen molar-refractivity contribution < 1.29 is 4.79 Å². The summed E-state index contributed by atoms with van der Waals surface area (Å²) in [7, 11) is 0. The van der Waals surface area contributed by atoms with E-state index < -0.39 is 0 Å². The molecule has 1 aromatic heterocycles. The van der Waals surface area contributed by atoms with Gasteiger partial charge in [0.2, 0.25) is 5.91 Å². The monoisotopic (exact) mass is 219 g/mol. The van der Waals surface area contributed by atoms with Crippen LogP contribution in [0.4, 0.5) is 5.82 Å². The molecule has 4 nitrogen and oxygen atoms in total. The van der Waals surface area contributed by atoms with Gasteiger partial charge >= 0.3 is 0 Å². The number of aromatic nitrogens is 2. The number of carbonyl (C=O) groups excluding carboxylic acids is 1. The van der Waals surface area contributed by atoms with Crippen LogP contribution >= 0.6 is 0 Å². The average Bonchev–Trinajstić information content (AvgIpc) is 2.16. The Morgan fingerprint density at radius 1 is 1.50 bits per heavy atom. The molecule has 1 amide bonds. The summed E-state index contributed by atoms with van der Waals surface area (Å²) in [6, 6.07) is 1.78. The Kier molecular flexibility index (Phi) is 2.66. The maximum absolute atomic E-state index is 12.0. The Balaban J connectivity index is 2.03. The minimum absolute atomic E-state index is 0.0781. The number of aryl methyl sites for hydroxylation is 1. The Hall–Kier alpha value is -1.45. The molecule has 0 aliphatic heterocycles. The van der Waals surface area contributed by atoms with E-state index in [1.54, 1.807) is 6.07 Å². The standard InChI is InChI=1S/C12H17N3O/c1-8-6-10(14-7-13-8)15-11(16)9-4-5-12(9,2)3/h6-7,9H,4-5H2,1-3H3,(H,13,14,15,16)/t9-/m1/s1. The lowest BCUT2D eigenvalue weighted by Gasteiger charge is -2.43. The van der Waals surface area contributed by atoms with E-state index in [0.29, 0.717) is 5.82 Å². The molecule has 2 rings (SSSR count). The number of hydrogen-bond donors (Lipinski definition) is 1. The number of nitrogens with zero attached hydrogens (tertiary/aromatic N) is 2. The normalized spacial score (nSPS) is 22.3. The minimum atomic E-state index is 0.0781. The summed E-state index contributed by atoms with van der Waals surface area (Å²) in [5.74, 6) is 0.789. The van der Waals surface area contributed by atoms with Gasteiger partial charge in [-0.05, 0) is 25.2 Å². The first kappa shape index (κ1) is 11.0. The average molecular weight is 219 g/mol. The van der Waals surface area contributed by atoms with E-state index in [9.17, 15) is 4.79 Å². The van der Waals surface area contributed by atoms with E-state index in [4.69, 9.17) is 0 Å². The molecule has 1 fully saturated rings. The fourth-order valence-corrected chi connectivity index (χ4v) is 2.09. The molecular weight excluding hydrogens is 202 g/mol. The van der Waals surface area contributed by atoms with Crippen LogP contribution in [0.15, 0.2) is 12.4 Å². The third kappa shape index (κ3) is 2.05. The number of rotatable bonds is 2. The molecule has 16 heavy (non-hydrogen) atoms. The van der Waals surface area contributed by atoms with Gasteiger partial charge in [0.1, 0.15) is 12.1 Å². The third-order valence-electron chi connectivity index (χ3n) is 3.39. The molecule has 1 atom stereocenters. The largest absolute Gasteiger partial charge is 0.310 e. The Bertz CT molecular complexity index is 414. The summed E-state index contributed by atoms with van der Waals surface area (Å²) in [5, 5.41) is 2.85. The van der Waals surface area contributed by atoms with Gasteiger partial charge in [-0.25, -0.2) is 9.97 Å². The highest BCUT2D eigenvalue weighted by atomic mass is 16.2. The van der Waals surface area contributed by atoms with Crippen molar-refractivity contribution in [2.75, 3.05) is 5.32 Å². The van der Waals surface area contributed by atoms with Crippen LogP contribution in [0.25, 0.3) is 0 Å². The Morgan fingerprint density at radius 2 is 2.25 bits per heavy atom. The molecule has 0 unspecified atom stereocenters. The van der Waals surface area contributed by atoms with Crippen LogP contribution in [-0.4, -0.2) is 15.9 Å². The predicted octanol–water partition coefficient (Wildman–Crippen LogP) is 2.16. The van der Waals surface area contributed by atoms with Crippen molar-refractivity contribution in [3.8, 4) is 0 Å². The zero-order valence-corrected chi connectivity index (χ0v) is 9.95. The van der Waals surface area contributed by atoms with E-state index >= 15 is 0 Å². The Morgan fingerprint density at radius 3 is 2.75 bits per heavy atom. The molecule has 0 spiro atoms. The fraction of sp³-hybridized carbons (Fsp3) is 0.583. The van der Waals surface area contributed by atoms with Crippen LogP contribution in [0.5, 0.6) is 0 Å². The summed E-state index contributed by atoms with van der Waals surface area (Å²) < 4.78 is 0. The van der Waals surface area contributed by atoms with Crippen LogP contribution in [0, 0.1) is 18.3 Å². The van der Waals surface area contributed by atoms with Crippen molar-refractivity contribution in [1.29, 1.82) is 0 Å². The van der Waals surface area contributed by atoms with Gasteiger partial charge in [0.15, 0.2) is 0 Å². The molecule has 1 heterocycles. The topological polar surface area (TPSA) is 54.9 Å². The molecule has 1 aliphatic carbocycles. The second-order valence-corrected chi connectivity index (χ2v) is 5.11. The first-order valence-electron chi connectivity index (χ1n) is 5.58. The third-order valence-corrected chi connectivity index (χ3v) is 3.39. The molecule has 1 aliphatic rings. The molecule has 1 N–H and O–H groups in total. The maximum Gasteiger partial charge on any atom is 0.229 e. The summed E-state index contributed by atoms with van der Waals surface area (Å²) >= 11 is 0. The number of hydrogen-bond acceptors (Lipinski definition) is 3. The van der Waals surface area contributed by atoms with E-state index in [2.05, 4.69) is 29.1 Å². The van der Waals surface area contributed by atoms with Gasteiger partial charge in [0.05, 0.1) is 0 Å². The smallest absolute Gasteiger partial charge is 0.229 e. The van der Waals surface area contributed by atoms with Gasteiger partial charge < -0.3 is 5.32 Å².